The van der Waals surface area contributed by atoms with Crippen LogP contribution in [0.1, 0.15) is 38.1 Å². The molecule has 0 saturated carbocycles. The molecule has 6 nitrogen and oxygen atoms in total. The monoisotopic (exact) mass is 339 g/mol. The summed E-state index contributed by atoms with van der Waals surface area (Å²) >= 11 is 1.29. The molecule has 1 aromatic carbocycles. The Kier molecular flexibility index (Phi) is 7.51. The van der Waals surface area contributed by atoms with Gasteiger partial charge in [0.25, 0.3) is 11.6 Å². The Hall–Kier alpha value is -1.60. The van der Waals surface area contributed by atoms with Gasteiger partial charge in [-0.2, -0.15) is 0 Å². The molecule has 23 heavy (non-hydrogen) atoms. The minimum atomic E-state index is -0.456. The van der Waals surface area contributed by atoms with Crippen molar-refractivity contribution in [2.75, 3.05) is 19.3 Å². The zero-order valence-corrected chi connectivity index (χ0v) is 15.1. The minimum Gasteiger partial charge on any atom is -0.351 e. The standard InChI is InChI=1S/C16H25N3O3S/c1-11(2)18(12(3)4)9-8-17-16(20)13-6-7-15(23-5)14(10-13)19(21)22/h6-7,10-12H,8-9H2,1-5H3,(H,17,20). The predicted octanol–water partition coefficient (Wildman–Crippen LogP) is 3.17. The van der Waals surface area contributed by atoms with Crippen molar-refractivity contribution >= 4 is 23.4 Å². The molecule has 0 aromatic heterocycles. The number of thioether (sulfide) groups is 1. The molecule has 0 aliphatic carbocycles. The molecule has 0 aliphatic heterocycles. The highest BCUT2D eigenvalue weighted by Gasteiger charge is 2.17. The smallest absolute Gasteiger partial charge is 0.283 e. The molecule has 0 radical (unpaired) electrons. The van der Waals surface area contributed by atoms with E-state index in [1.165, 1.54) is 17.8 Å². The zero-order valence-electron chi connectivity index (χ0n) is 14.3. The van der Waals surface area contributed by atoms with Crippen molar-refractivity contribution < 1.29 is 9.72 Å². The average molecular weight is 339 g/mol. The van der Waals surface area contributed by atoms with Crippen molar-refractivity contribution in [1.29, 1.82) is 0 Å². The van der Waals surface area contributed by atoms with Gasteiger partial charge < -0.3 is 5.32 Å². The number of carbonyl (C=O) groups excluding carboxylic acids is 1. The SMILES string of the molecule is CSc1ccc(C(=O)NCCN(C(C)C)C(C)C)cc1[N+](=O)[O-]. The number of hydrogen-bond donors (Lipinski definition) is 1. The maximum absolute atomic E-state index is 12.2. The van der Waals surface area contributed by atoms with Crippen molar-refractivity contribution in [2.24, 2.45) is 0 Å². The molecule has 0 aliphatic rings. The molecule has 1 aromatic rings. The third-order valence-corrected chi connectivity index (χ3v) is 4.40. The van der Waals surface area contributed by atoms with Gasteiger partial charge in [0, 0.05) is 36.8 Å². The number of hydrogen-bond acceptors (Lipinski definition) is 5. The molecular formula is C16H25N3O3S. The van der Waals surface area contributed by atoms with Gasteiger partial charge in [-0.15, -0.1) is 11.8 Å². The van der Waals surface area contributed by atoms with Crippen LogP contribution < -0.4 is 5.32 Å². The van der Waals surface area contributed by atoms with Crippen molar-refractivity contribution in [3.05, 3.63) is 33.9 Å². The van der Waals surface area contributed by atoms with Gasteiger partial charge in [-0.25, -0.2) is 0 Å². The fourth-order valence-corrected chi connectivity index (χ4v) is 3.03. The van der Waals surface area contributed by atoms with Crippen LogP contribution in [-0.4, -0.2) is 47.2 Å². The summed E-state index contributed by atoms with van der Waals surface area (Å²) in [7, 11) is 0. The van der Waals surface area contributed by atoms with Crippen molar-refractivity contribution in [1.82, 2.24) is 10.2 Å². The predicted molar refractivity (Wildman–Crippen MR) is 94.2 cm³/mol. The van der Waals surface area contributed by atoms with Gasteiger partial charge in [-0.05, 0) is 46.1 Å². The second kappa shape index (κ2) is 8.88. The highest BCUT2D eigenvalue weighted by Crippen LogP contribution is 2.28. The Labute approximate surface area is 141 Å². The molecule has 0 atom stereocenters. The average Bonchev–Trinajstić information content (AvgIpc) is 2.49. The summed E-state index contributed by atoms with van der Waals surface area (Å²) in [6.07, 6.45) is 1.77. The van der Waals surface area contributed by atoms with E-state index in [4.69, 9.17) is 0 Å². The van der Waals surface area contributed by atoms with E-state index in [1.807, 2.05) is 0 Å². The van der Waals surface area contributed by atoms with Crippen LogP contribution in [0.3, 0.4) is 0 Å². The van der Waals surface area contributed by atoms with Crippen molar-refractivity contribution in [2.45, 2.75) is 44.7 Å². The van der Waals surface area contributed by atoms with Crippen LogP contribution in [0.2, 0.25) is 0 Å². The topological polar surface area (TPSA) is 75.5 Å². The summed E-state index contributed by atoms with van der Waals surface area (Å²) in [4.78, 5) is 25.6. The van der Waals surface area contributed by atoms with E-state index in [9.17, 15) is 14.9 Å². The van der Waals surface area contributed by atoms with Gasteiger partial charge in [-0.1, -0.05) is 0 Å². The maximum Gasteiger partial charge on any atom is 0.283 e. The Morgan fingerprint density at radius 1 is 1.30 bits per heavy atom. The van der Waals surface area contributed by atoms with Crippen molar-refractivity contribution in [3.8, 4) is 0 Å². The third-order valence-electron chi connectivity index (χ3n) is 3.62. The van der Waals surface area contributed by atoms with Crippen LogP contribution in [0.25, 0.3) is 0 Å². The summed E-state index contributed by atoms with van der Waals surface area (Å²) in [6, 6.07) is 5.37. The molecule has 7 heteroatoms. The molecule has 1 N–H and O–H groups in total. The minimum absolute atomic E-state index is 0.0314. The van der Waals surface area contributed by atoms with E-state index in [0.717, 1.165) is 6.54 Å². The number of carbonyl (C=O) groups is 1. The first-order valence-electron chi connectivity index (χ1n) is 7.64. The second-order valence-corrected chi connectivity index (χ2v) is 6.67. The second-order valence-electron chi connectivity index (χ2n) is 5.82. The molecule has 0 fully saturated rings. The number of amides is 1. The first kappa shape index (κ1) is 19.4. The molecular weight excluding hydrogens is 314 g/mol. The lowest BCUT2D eigenvalue weighted by Crippen LogP contribution is -2.42. The van der Waals surface area contributed by atoms with E-state index in [1.54, 1.807) is 18.4 Å². The lowest BCUT2D eigenvalue weighted by Gasteiger charge is -2.30. The Balaban J connectivity index is 2.72. The third kappa shape index (κ3) is 5.51. The first-order valence-corrected chi connectivity index (χ1v) is 8.86. The van der Waals surface area contributed by atoms with Crippen LogP contribution in [0.4, 0.5) is 5.69 Å². The molecule has 1 rings (SSSR count). The molecule has 128 valence electrons. The lowest BCUT2D eigenvalue weighted by molar-refractivity contribution is -0.387. The Bertz CT molecular complexity index is 554. The summed E-state index contributed by atoms with van der Waals surface area (Å²) in [5.74, 6) is -0.284. The fraction of sp³-hybridized carbons (Fsp3) is 0.562. The van der Waals surface area contributed by atoms with Crippen LogP contribution in [-0.2, 0) is 0 Å². The fourth-order valence-electron chi connectivity index (χ4n) is 2.49. The quantitative estimate of drug-likeness (QED) is 0.447. The lowest BCUT2D eigenvalue weighted by atomic mass is 10.2. The van der Waals surface area contributed by atoms with Crippen LogP contribution in [0.5, 0.6) is 0 Å². The van der Waals surface area contributed by atoms with Gasteiger partial charge in [0.05, 0.1) is 9.82 Å². The number of benzene rings is 1. The van der Waals surface area contributed by atoms with E-state index < -0.39 is 4.92 Å². The maximum atomic E-state index is 12.2. The zero-order chi connectivity index (χ0) is 17.6. The molecule has 0 spiro atoms. The normalized spacial score (nSPS) is 11.3. The first-order chi connectivity index (χ1) is 10.8. The molecule has 1 amide bonds. The molecule has 0 heterocycles. The summed E-state index contributed by atoms with van der Waals surface area (Å²) < 4.78 is 0. The van der Waals surface area contributed by atoms with E-state index in [2.05, 4.69) is 37.9 Å². The van der Waals surface area contributed by atoms with Crippen LogP contribution in [0, 0.1) is 10.1 Å². The van der Waals surface area contributed by atoms with E-state index in [0.29, 0.717) is 29.1 Å². The number of nitrogens with zero attached hydrogens (tertiary/aromatic N) is 2. The number of nitro benzene ring substituents is 1. The van der Waals surface area contributed by atoms with Gasteiger partial charge in [-0.3, -0.25) is 19.8 Å². The number of nitro groups is 1. The number of nitrogens with one attached hydrogen (secondary N) is 1. The summed E-state index contributed by atoms with van der Waals surface area (Å²) in [5, 5.41) is 13.9. The van der Waals surface area contributed by atoms with Crippen LogP contribution in [0.15, 0.2) is 23.1 Å². The molecule has 0 unspecified atom stereocenters. The molecule has 0 saturated heterocycles. The highest BCUT2D eigenvalue weighted by molar-refractivity contribution is 7.98. The highest BCUT2D eigenvalue weighted by atomic mass is 32.2. The van der Waals surface area contributed by atoms with Gasteiger partial charge >= 0.3 is 0 Å². The van der Waals surface area contributed by atoms with E-state index in [-0.39, 0.29) is 11.6 Å². The summed E-state index contributed by atoms with van der Waals surface area (Å²) in [6.45, 7) is 9.72. The van der Waals surface area contributed by atoms with Crippen LogP contribution >= 0.6 is 11.8 Å². The Morgan fingerprint density at radius 3 is 2.39 bits per heavy atom. The van der Waals surface area contributed by atoms with Gasteiger partial charge in [0.15, 0.2) is 0 Å². The van der Waals surface area contributed by atoms with Gasteiger partial charge in [0.1, 0.15) is 0 Å². The summed E-state index contributed by atoms with van der Waals surface area (Å²) in [5.41, 5.74) is 0.284. The number of rotatable bonds is 8. The van der Waals surface area contributed by atoms with Gasteiger partial charge in [0.2, 0.25) is 0 Å². The van der Waals surface area contributed by atoms with Crippen molar-refractivity contribution in [3.63, 3.8) is 0 Å². The molecule has 0 bridgehead atoms. The Morgan fingerprint density at radius 2 is 1.91 bits per heavy atom. The van der Waals surface area contributed by atoms with E-state index >= 15 is 0 Å². The largest absolute Gasteiger partial charge is 0.351 e.